The number of halogens is 3. The van der Waals surface area contributed by atoms with Crippen LogP contribution in [0.1, 0.15) is 5.56 Å². The minimum Gasteiger partial charge on any atom is -0.323 e. The van der Waals surface area contributed by atoms with Crippen molar-refractivity contribution in [3.05, 3.63) is 64.7 Å². The Morgan fingerprint density at radius 1 is 1.16 bits per heavy atom. The molecule has 0 atom stereocenters. The van der Waals surface area contributed by atoms with Crippen molar-refractivity contribution < 1.29 is 13.6 Å². The quantitative estimate of drug-likeness (QED) is 0.911. The van der Waals surface area contributed by atoms with E-state index in [9.17, 15) is 13.6 Å². The number of carbonyl (C=O) groups is 1. The van der Waals surface area contributed by atoms with Crippen molar-refractivity contribution in [3.8, 4) is 0 Å². The Labute approximate surface area is 114 Å². The van der Waals surface area contributed by atoms with Gasteiger partial charge in [0.2, 0.25) is 5.91 Å². The first kappa shape index (κ1) is 13.5. The fourth-order valence-electron chi connectivity index (χ4n) is 1.62. The summed E-state index contributed by atoms with van der Waals surface area (Å²) < 4.78 is 26.4. The van der Waals surface area contributed by atoms with Crippen LogP contribution in [0.4, 0.5) is 14.5 Å². The molecule has 2 nitrogen and oxygen atoms in total. The average Bonchev–Trinajstić information content (AvgIpc) is 2.33. The summed E-state index contributed by atoms with van der Waals surface area (Å²) in [4.78, 5) is 11.7. The Hall–Kier alpha value is -1.94. The van der Waals surface area contributed by atoms with E-state index in [-0.39, 0.29) is 17.1 Å². The minimum atomic E-state index is -0.611. The Bertz CT molecular complexity index is 616. The molecule has 5 heteroatoms. The molecule has 1 amide bonds. The van der Waals surface area contributed by atoms with Crippen LogP contribution in [-0.4, -0.2) is 5.91 Å². The molecule has 0 bridgehead atoms. The van der Waals surface area contributed by atoms with Gasteiger partial charge in [0, 0.05) is 5.02 Å². The number of benzene rings is 2. The lowest BCUT2D eigenvalue weighted by atomic mass is 10.1. The molecule has 0 aliphatic heterocycles. The maximum absolute atomic E-state index is 13.5. The summed E-state index contributed by atoms with van der Waals surface area (Å²) in [6.07, 6.45) is -0.0279. The van der Waals surface area contributed by atoms with Gasteiger partial charge in [-0.3, -0.25) is 4.79 Å². The highest BCUT2D eigenvalue weighted by Gasteiger charge is 2.08. The van der Waals surface area contributed by atoms with Gasteiger partial charge in [-0.25, -0.2) is 8.78 Å². The largest absolute Gasteiger partial charge is 0.323 e. The second-order valence-electron chi connectivity index (χ2n) is 3.98. The summed E-state index contributed by atoms with van der Waals surface area (Å²) in [6, 6.07) is 9.66. The lowest BCUT2D eigenvalue weighted by Crippen LogP contribution is -2.15. The molecule has 0 aliphatic rings. The van der Waals surface area contributed by atoms with Crippen molar-refractivity contribution in [2.75, 3.05) is 5.32 Å². The van der Waals surface area contributed by atoms with Crippen LogP contribution in [0.5, 0.6) is 0 Å². The third kappa shape index (κ3) is 3.76. The number of nitrogens with one attached hydrogen (secondary N) is 1. The number of anilines is 1. The van der Waals surface area contributed by atoms with Crippen molar-refractivity contribution in [1.82, 2.24) is 0 Å². The zero-order valence-electron chi connectivity index (χ0n) is 9.79. The molecule has 0 fully saturated rings. The molecule has 0 heterocycles. The van der Waals surface area contributed by atoms with Gasteiger partial charge in [0.05, 0.1) is 12.1 Å². The fourth-order valence-corrected chi connectivity index (χ4v) is 1.78. The second kappa shape index (κ2) is 5.80. The van der Waals surface area contributed by atoms with Crippen LogP contribution in [0.15, 0.2) is 42.5 Å². The van der Waals surface area contributed by atoms with E-state index in [0.717, 1.165) is 6.07 Å². The van der Waals surface area contributed by atoms with Crippen molar-refractivity contribution >= 4 is 23.2 Å². The number of rotatable bonds is 3. The number of hydrogen-bond acceptors (Lipinski definition) is 1. The van der Waals surface area contributed by atoms with Gasteiger partial charge in [-0.1, -0.05) is 23.7 Å². The number of amides is 1. The molecule has 0 radical (unpaired) electrons. The van der Waals surface area contributed by atoms with Gasteiger partial charge in [-0.15, -0.1) is 0 Å². The maximum Gasteiger partial charge on any atom is 0.228 e. The van der Waals surface area contributed by atoms with Gasteiger partial charge in [-0.2, -0.15) is 0 Å². The molecule has 2 aromatic rings. The maximum atomic E-state index is 13.5. The zero-order chi connectivity index (χ0) is 13.8. The predicted octanol–water partition coefficient (Wildman–Crippen LogP) is 3.80. The van der Waals surface area contributed by atoms with Crippen LogP contribution < -0.4 is 5.32 Å². The Balaban J connectivity index is 2.05. The van der Waals surface area contributed by atoms with Gasteiger partial charge in [0.15, 0.2) is 0 Å². The number of hydrogen-bond donors (Lipinski definition) is 1. The summed E-state index contributed by atoms with van der Waals surface area (Å²) in [5.41, 5.74) is 0.567. The molecule has 2 aromatic carbocycles. The highest BCUT2D eigenvalue weighted by Crippen LogP contribution is 2.19. The summed E-state index contributed by atoms with van der Waals surface area (Å²) in [5, 5.41) is 2.66. The van der Waals surface area contributed by atoms with Crippen LogP contribution in [0.3, 0.4) is 0 Å². The first-order valence-electron chi connectivity index (χ1n) is 5.54. The van der Waals surface area contributed by atoms with E-state index in [2.05, 4.69) is 5.32 Å². The molecule has 19 heavy (non-hydrogen) atoms. The van der Waals surface area contributed by atoms with Gasteiger partial charge in [0.25, 0.3) is 0 Å². The smallest absolute Gasteiger partial charge is 0.228 e. The van der Waals surface area contributed by atoms with Gasteiger partial charge in [-0.05, 0) is 35.9 Å². The minimum absolute atomic E-state index is 0.0279. The molecule has 2 rings (SSSR count). The van der Waals surface area contributed by atoms with E-state index in [1.807, 2.05) is 0 Å². The van der Waals surface area contributed by atoms with Gasteiger partial charge in [0.1, 0.15) is 11.6 Å². The number of carbonyl (C=O) groups excluding carboxylic acids is 1. The molecule has 0 saturated heterocycles. The van der Waals surface area contributed by atoms with Gasteiger partial charge < -0.3 is 5.32 Å². The van der Waals surface area contributed by atoms with Crippen LogP contribution >= 0.6 is 11.6 Å². The zero-order valence-corrected chi connectivity index (χ0v) is 10.5. The van der Waals surface area contributed by atoms with E-state index >= 15 is 0 Å². The molecular weight excluding hydrogens is 272 g/mol. The fraction of sp³-hybridized carbons (Fsp3) is 0.0714. The highest BCUT2D eigenvalue weighted by molar-refractivity contribution is 6.30. The summed E-state index contributed by atoms with van der Waals surface area (Å²) in [5.74, 6) is -1.45. The molecule has 0 unspecified atom stereocenters. The van der Waals surface area contributed by atoms with Crippen LogP contribution in [0.25, 0.3) is 0 Å². The normalized spacial score (nSPS) is 10.3. The Morgan fingerprint density at radius 2 is 1.95 bits per heavy atom. The van der Waals surface area contributed by atoms with Crippen molar-refractivity contribution in [2.24, 2.45) is 0 Å². The molecule has 0 aliphatic carbocycles. The molecule has 0 spiro atoms. The Morgan fingerprint density at radius 3 is 2.63 bits per heavy atom. The van der Waals surface area contributed by atoms with Crippen LogP contribution in [0.2, 0.25) is 5.02 Å². The third-order valence-electron chi connectivity index (χ3n) is 2.46. The van der Waals surface area contributed by atoms with E-state index in [1.54, 1.807) is 6.07 Å². The highest BCUT2D eigenvalue weighted by atomic mass is 35.5. The van der Waals surface area contributed by atoms with E-state index in [1.165, 1.54) is 30.3 Å². The molecule has 0 saturated carbocycles. The monoisotopic (exact) mass is 281 g/mol. The van der Waals surface area contributed by atoms with E-state index in [4.69, 9.17) is 11.6 Å². The standard InChI is InChI=1S/C14H10ClF2NO/c15-10-4-5-13(12(17)8-10)18-14(19)7-9-2-1-3-11(16)6-9/h1-6,8H,7H2,(H,18,19). The Kier molecular flexibility index (Phi) is 4.12. The SMILES string of the molecule is O=C(Cc1cccc(F)c1)Nc1ccc(Cl)cc1F. The second-order valence-corrected chi connectivity index (χ2v) is 4.42. The average molecular weight is 282 g/mol. The lowest BCUT2D eigenvalue weighted by molar-refractivity contribution is -0.115. The van der Waals surface area contributed by atoms with Crippen LogP contribution in [0, 0.1) is 11.6 Å². The van der Waals surface area contributed by atoms with E-state index < -0.39 is 17.5 Å². The van der Waals surface area contributed by atoms with Crippen molar-refractivity contribution in [3.63, 3.8) is 0 Å². The summed E-state index contributed by atoms with van der Waals surface area (Å²) in [6.45, 7) is 0. The van der Waals surface area contributed by atoms with Crippen molar-refractivity contribution in [1.29, 1.82) is 0 Å². The predicted molar refractivity (Wildman–Crippen MR) is 70.1 cm³/mol. The third-order valence-corrected chi connectivity index (χ3v) is 2.69. The van der Waals surface area contributed by atoms with Crippen LogP contribution in [-0.2, 0) is 11.2 Å². The molecular formula is C14H10ClF2NO. The first-order chi connectivity index (χ1) is 9.04. The summed E-state index contributed by atoms with van der Waals surface area (Å²) >= 11 is 5.61. The van der Waals surface area contributed by atoms with Gasteiger partial charge >= 0.3 is 0 Å². The summed E-state index contributed by atoms with van der Waals surface area (Å²) in [7, 11) is 0. The lowest BCUT2D eigenvalue weighted by Gasteiger charge is -2.06. The van der Waals surface area contributed by atoms with E-state index in [0.29, 0.717) is 5.56 Å². The molecule has 1 N–H and O–H groups in total. The topological polar surface area (TPSA) is 29.1 Å². The molecule has 98 valence electrons. The first-order valence-corrected chi connectivity index (χ1v) is 5.92. The molecule has 0 aromatic heterocycles. The van der Waals surface area contributed by atoms with Crippen molar-refractivity contribution in [2.45, 2.75) is 6.42 Å².